The number of halogens is 1. The van der Waals surface area contributed by atoms with E-state index in [2.05, 4.69) is 41.3 Å². The summed E-state index contributed by atoms with van der Waals surface area (Å²) in [7, 11) is 0. The molecule has 2 aliphatic carbocycles. The van der Waals surface area contributed by atoms with E-state index in [1.165, 1.54) is 12.8 Å². The molecule has 0 heterocycles. The predicted molar refractivity (Wildman–Crippen MR) is 71.1 cm³/mol. The summed E-state index contributed by atoms with van der Waals surface area (Å²) >= 11 is 2.55. The second-order valence-corrected chi connectivity index (χ2v) is 6.50. The fourth-order valence-electron chi connectivity index (χ4n) is 4.06. The normalized spacial score (nSPS) is 48.1. The quantitative estimate of drug-likeness (QED) is 0.335. The fourth-order valence-corrected chi connectivity index (χ4v) is 5.62. The Morgan fingerprint density at radius 3 is 2.87 bits per heavy atom. The third-order valence-electron chi connectivity index (χ3n) is 4.61. The third kappa shape index (κ3) is 1.41. The molecule has 2 fully saturated rings. The van der Waals surface area contributed by atoms with Gasteiger partial charge in [0, 0.05) is 9.34 Å². The van der Waals surface area contributed by atoms with Crippen LogP contribution in [0, 0.1) is 28.1 Å². The molecule has 15 heavy (non-hydrogen) atoms. The molecule has 0 amide bonds. The molecule has 5 atom stereocenters. The van der Waals surface area contributed by atoms with Crippen molar-refractivity contribution < 1.29 is 0 Å². The molecule has 3 heteroatoms. The molecule has 0 aliphatic heterocycles. The predicted octanol–water partition coefficient (Wildman–Crippen LogP) is 3.79. The topological polar surface area (TPSA) is 29.4 Å². The highest BCUT2D eigenvalue weighted by Gasteiger charge is 2.63. The lowest BCUT2D eigenvalue weighted by Crippen LogP contribution is -2.57. The van der Waals surface area contributed by atoms with Crippen molar-refractivity contribution in [2.45, 2.75) is 30.1 Å². The van der Waals surface area contributed by atoms with Crippen LogP contribution in [0.3, 0.4) is 0 Å². The van der Waals surface area contributed by atoms with Gasteiger partial charge in [-0.3, -0.25) is 0 Å². The van der Waals surface area contributed by atoms with E-state index < -0.39 is 0 Å². The zero-order valence-corrected chi connectivity index (χ0v) is 11.3. The third-order valence-corrected chi connectivity index (χ3v) is 6.01. The second kappa shape index (κ2) is 4.15. The lowest BCUT2D eigenvalue weighted by atomic mass is 9.47. The maximum atomic E-state index is 10.6. The van der Waals surface area contributed by atoms with Gasteiger partial charge in [-0.2, -0.15) is 4.91 Å². The molecule has 0 aromatic carbocycles. The molecule has 2 rings (SSSR count). The van der Waals surface area contributed by atoms with E-state index in [1.54, 1.807) is 0 Å². The van der Waals surface area contributed by atoms with Gasteiger partial charge in [0.15, 0.2) is 0 Å². The van der Waals surface area contributed by atoms with Gasteiger partial charge in [0.2, 0.25) is 0 Å². The Hall–Kier alpha value is 0.0700. The minimum atomic E-state index is 0.0313. The number of alkyl halides is 1. The Bertz CT molecular complexity index is 281. The van der Waals surface area contributed by atoms with Crippen molar-refractivity contribution in [3.63, 3.8) is 0 Å². The average Bonchev–Trinajstić information content (AvgIpc) is 2.54. The minimum Gasteiger partial charge on any atom is -0.151 e. The van der Waals surface area contributed by atoms with Crippen molar-refractivity contribution in [3.8, 4) is 0 Å². The molecule has 0 radical (unpaired) electrons. The van der Waals surface area contributed by atoms with E-state index in [0.717, 1.165) is 16.3 Å². The summed E-state index contributed by atoms with van der Waals surface area (Å²) < 4.78 is 0.718. The average molecular weight is 319 g/mol. The summed E-state index contributed by atoms with van der Waals surface area (Å²) in [4.78, 5) is 10.6. The van der Waals surface area contributed by atoms with E-state index in [4.69, 9.17) is 0 Å². The maximum absolute atomic E-state index is 10.6. The maximum Gasteiger partial charge on any atom is 0.0907 e. The molecule has 2 aliphatic rings. The SMILES string of the molecule is C=CC1(CN=O)C(CC)C2CCC(I)C21. The molecule has 0 aromatic heterocycles. The summed E-state index contributed by atoms with van der Waals surface area (Å²) in [6.45, 7) is 6.63. The monoisotopic (exact) mass is 319 g/mol. The van der Waals surface area contributed by atoms with Gasteiger partial charge in [0.25, 0.3) is 0 Å². The lowest BCUT2D eigenvalue weighted by molar-refractivity contribution is -0.0565. The first-order valence-electron chi connectivity index (χ1n) is 5.78. The molecule has 2 nitrogen and oxygen atoms in total. The van der Waals surface area contributed by atoms with Gasteiger partial charge >= 0.3 is 0 Å². The highest BCUT2D eigenvalue weighted by molar-refractivity contribution is 14.1. The molecule has 0 saturated heterocycles. The van der Waals surface area contributed by atoms with E-state index in [1.807, 2.05) is 6.08 Å². The van der Waals surface area contributed by atoms with E-state index >= 15 is 0 Å². The van der Waals surface area contributed by atoms with Gasteiger partial charge in [0.1, 0.15) is 0 Å². The van der Waals surface area contributed by atoms with Gasteiger partial charge in [-0.1, -0.05) is 47.2 Å². The van der Waals surface area contributed by atoms with Crippen LogP contribution in [0.2, 0.25) is 0 Å². The van der Waals surface area contributed by atoms with Gasteiger partial charge in [0.05, 0.1) is 6.54 Å². The molecule has 84 valence electrons. The van der Waals surface area contributed by atoms with Crippen LogP contribution in [0.25, 0.3) is 0 Å². The van der Waals surface area contributed by atoms with Crippen LogP contribution >= 0.6 is 22.6 Å². The van der Waals surface area contributed by atoms with Gasteiger partial charge < -0.3 is 0 Å². The number of nitroso groups, excluding NO2 is 1. The number of hydrogen-bond donors (Lipinski definition) is 0. The van der Waals surface area contributed by atoms with Crippen LogP contribution in [0.5, 0.6) is 0 Å². The van der Waals surface area contributed by atoms with E-state index in [9.17, 15) is 4.91 Å². The molecule has 5 unspecified atom stereocenters. The highest BCUT2D eigenvalue weighted by Crippen LogP contribution is 2.66. The summed E-state index contributed by atoms with van der Waals surface area (Å²) in [6, 6.07) is 0. The van der Waals surface area contributed by atoms with Crippen LogP contribution in [0.4, 0.5) is 0 Å². The smallest absolute Gasteiger partial charge is 0.0907 e. The molecule has 0 aromatic rings. The van der Waals surface area contributed by atoms with E-state index in [-0.39, 0.29) is 5.41 Å². The molecular formula is C12H18INO. The van der Waals surface area contributed by atoms with Crippen LogP contribution < -0.4 is 0 Å². The zero-order chi connectivity index (χ0) is 11.1. The number of rotatable bonds is 4. The molecule has 0 N–H and O–H groups in total. The first kappa shape index (κ1) is 11.6. The first-order chi connectivity index (χ1) is 7.21. The second-order valence-electron chi connectivity index (χ2n) is 4.90. The Labute approximate surface area is 105 Å². The van der Waals surface area contributed by atoms with Crippen LogP contribution in [-0.2, 0) is 0 Å². The van der Waals surface area contributed by atoms with Crippen molar-refractivity contribution in [1.82, 2.24) is 0 Å². The summed E-state index contributed by atoms with van der Waals surface area (Å²) in [5, 5.41) is 3.17. The van der Waals surface area contributed by atoms with Crippen LogP contribution in [-0.4, -0.2) is 10.5 Å². The van der Waals surface area contributed by atoms with E-state index in [0.29, 0.717) is 18.4 Å². The summed E-state index contributed by atoms with van der Waals surface area (Å²) in [5.41, 5.74) is 0.0313. The number of hydrogen-bond acceptors (Lipinski definition) is 2. The van der Waals surface area contributed by atoms with Crippen molar-refractivity contribution in [2.75, 3.05) is 6.54 Å². The lowest BCUT2D eigenvalue weighted by Gasteiger charge is -2.58. The highest BCUT2D eigenvalue weighted by atomic mass is 127. The van der Waals surface area contributed by atoms with Crippen molar-refractivity contribution in [2.24, 2.45) is 28.3 Å². The minimum absolute atomic E-state index is 0.0313. The van der Waals surface area contributed by atoms with Crippen LogP contribution in [0.1, 0.15) is 26.2 Å². The Balaban J connectivity index is 2.27. The van der Waals surface area contributed by atoms with Gasteiger partial charge in [-0.25, -0.2) is 0 Å². The summed E-state index contributed by atoms with van der Waals surface area (Å²) in [6.07, 6.45) is 5.83. The van der Waals surface area contributed by atoms with Gasteiger partial charge in [-0.15, -0.1) is 6.58 Å². The molecule has 2 saturated carbocycles. The largest absolute Gasteiger partial charge is 0.151 e. The molecule has 0 bridgehead atoms. The molecule has 0 spiro atoms. The molecular weight excluding hydrogens is 301 g/mol. The van der Waals surface area contributed by atoms with Crippen molar-refractivity contribution >= 4 is 22.6 Å². The Morgan fingerprint density at radius 1 is 1.60 bits per heavy atom. The fraction of sp³-hybridized carbons (Fsp3) is 0.833. The Morgan fingerprint density at radius 2 is 2.33 bits per heavy atom. The van der Waals surface area contributed by atoms with Crippen molar-refractivity contribution in [1.29, 1.82) is 0 Å². The standard InChI is InChI=1S/C12H18INO/c1-3-9-8-5-6-10(13)11(8)12(9,4-2)7-14-15/h4,8-11H,2-3,5-7H2,1H3. The van der Waals surface area contributed by atoms with Crippen molar-refractivity contribution in [3.05, 3.63) is 17.6 Å². The summed E-state index contributed by atoms with van der Waals surface area (Å²) in [5.74, 6) is 2.15. The first-order valence-corrected chi connectivity index (χ1v) is 7.02. The number of fused-ring (bicyclic) bond motifs is 1. The zero-order valence-electron chi connectivity index (χ0n) is 9.16. The number of nitrogens with zero attached hydrogens (tertiary/aromatic N) is 1. The Kier molecular flexibility index (Phi) is 3.20. The van der Waals surface area contributed by atoms with Crippen LogP contribution in [0.15, 0.2) is 17.8 Å². The van der Waals surface area contributed by atoms with Gasteiger partial charge in [-0.05, 0) is 30.6 Å².